The summed E-state index contributed by atoms with van der Waals surface area (Å²) in [5.74, 6) is -0.905. The number of phenolic OH excluding ortho intramolecular Hbond substituents is 1. The zero-order chi connectivity index (χ0) is 13.0. The van der Waals surface area contributed by atoms with Gasteiger partial charge in [0.2, 0.25) is 0 Å². The Balaban J connectivity index is 1.85. The van der Waals surface area contributed by atoms with Crippen LogP contribution < -0.4 is 5.32 Å². The van der Waals surface area contributed by atoms with E-state index in [1.54, 1.807) is 12.3 Å². The van der Waals surface area contributed by atoms with Crippen LogP contribution >= 0.6 is 0 Å². The number of hydrogen-bond acceptors (Lipinski definition) is 3. The summed E-state index contributed by atoms with van der Waals surface area (Å²) in [5, 5.41) is 16.5. The molecule has 0 saturated carbocycles. The predicted molar refractivity (Wildman–Crippen MR) is 66.6 cm³/mol. The predicted octanol–water partition coefficient (Wildman–Crippen LogP) is 1.91. The molecule has 2 rings (SSSR count). The van der Waals surface area contributed by atoms with Crippen LogP contribution in [-0.2, 0) is 13.1 Å². The maximum Gasteiger partial charge on any atom is 0.165 e. The Labute approximate surface area is 105 Å². The summed E-state index contributed by atoms with van der Waals surface area (Å²) < 4.78 is 15.0. The number of halogens is 1. The molecule has 1 aromatic carbocycles. The molecule has 1 unspecified atom stereocenters. The Bertz CT molecular complexity index is 499. The first-order valence-corrected chi connectivity index (χ1v) is 5.83. The highest BCUT2D eigenvalue weighted by molar-refractivity contribution is 5.27. The average molecular weight is 249 g/mol. The maximum absolute atomic E-state index is 13.1. The van der Waals surface area contributed by atoms with Crippen molar-refractivity contribution in [3.05, 3.63) is 48.0 Å². The van der Waals surface area contributed by atoms with Gasteiger partial charge in [-0.05, 0) is 30.7 Å². The van der Waals surface area contributed by atoms with Gasteiger partial charge in [-0.15, -0.1) is 0 Å². The lowest BCUT2D eigenvalue weighted by atomic mass is 10.2. The molecule has 1 aromatic heterocycles. The second kappa shape index (κ2) is 5.64. The van der Waals surface area contributed by atoms with Gasteiger partial charge >= 0.3 is 0 Å². The third-order valence-electron chi connectivity index (χ3n) is 2.69. The van der Waals surface area contributed by atoms with E-state index in [4.69, 9.17) is 5.11 Å². The van der Waals surface area contributed by atoms with E-state index >= 15 is 0 Å². The van der Waals surface area contributed by atoms with Crippen molar-refractivity contribution in [3.8, 4) is 5.75 Å². The Morgan fingerprint density at radius 2 is 2.33 bits per heavy atom. The van der Waals surface area contributed by atoms with E-state index in [1.165, 1.54) is 12.1 Å². The number of rotatable bonds is 5. The SMILES string of the molecule is CC(Cn1cccn1)NCc1ccc(O)c(F)c1. The second-order valence-electron chi connectivity index (χ2n) is 4.30. The quantitative estimate of drug-likeness (QED) is 0.851. The first-order valence-electron chi connectivity index (χ1n) is 5.83. The molecule has 0 aliphatic heterocycles. The molecule has 0 amide bonds. The Morgan fingerprint density at radius 3 is 3.00 bits per heavy atom. The molecular weight excluding hydrogens is 233 g/mol. The number of aromatic hydroxyl groups is 1. The molecule has 0 fully saturated rings. The summed E-state index contributed by atoms with van der Waals surface area (Å²) in [6, 6.07) is 6.50. The standard InChI is InChI=1S/C13H16FN3O/c1-10(9-17-6-2-5-16-17)15-8-11-3-4-13(18)12(14)7-11/h2-7,10,15,18H,8-9H2,1H3. The van der Waals surface area contributed by atoms with Gasteiger partial charge < -0.3 is 10.4 Å². The van der Waals surface area contributed by atoms with Crippen molar-refractivity contribution in [2.75, 3.05) is 0 Å². The van der Waals surface area contributed by atoms with E-state index in [0.717, 1.165) is 12.1 Å². The first-order chi connectivity index (χ1) is 8.65. The maximum atomic E-state index is 13.1. The van der Waals surface area contributed by atoms with Gasteiger partial charge in [0, 0.05) is 25.0 Å². The molecule has 4 nitrogen and oxygen atoms in total. The molecule has 0 aliphatic carbocycles. The number of nitrogens with one attached hydrogen (secondary N) is 1. The average Bonchev–Trinajstić information content (AvgIpc) is 2.83. The summed E-state index contributed by atoms with van der Waals surface area (Å²) in [7, 11) is 0. The minimum atomic E-state index is -0.589. The number of benzene rings is 1. The van der Waals surface area contributed by atoms with Crippen molar-refractivity contribution < 1.29 is 9.50 Å². The van der Waals surface area contributed by atoms with Crippen LogP contribution in [0.3, 0.4) is 0 Å². The van der Waals surface area contributed by atoms with Crippen molar-refractivity contribution in [1.82, 2.24) is 15.1 Å². The molecule has 0 bridgehead atoms. The minimum Gasteiger partial charge on any atom is -0.505 e. The lowest BCUT2D eigenvalue weighted by Crippen LogP contribution is -2.30. The van der Waals surface area contributed by atoms with Crippen molar-refractivity contribution >= 4 is 0 Å². The van der Waals surface area contributed by atoms with Crippen LogP contribution in [0.1, 0.15) is 12.5 Å². The molecule has 2 N–H and O–H groups in total. The number of aromatic nitrogens is 2. The van der Waals surface area contributed by atoms with Crippen LogP contribution in [0.5, 0.6) is 5.75 Å². The Kier molecular flexibility index (Phi) is 3.94. The van der Waals surface area contributed by atoms with Gasteiger partial charge in [-0.1, -0.05) is 6.07 Å². The zero-order valence-corrected chi connectivity index (χ0v) is 10.2. The molecule has 5 heteroatoms. The molecule has 2 aromatic rings. The monoisotopic (exact) mass is 249 g/mol. The van der Waals surface area contributed by atoms with E-state index in [9.17, 15) is 4.39 Å². The van der Waals surface area contributed by atoms with Gasteiger partial charge in [-0.3, -0.25) is 4.68 Å². The summed E-state index contributed by atoms with van der Waals surface area (Å²) >= 11 is 0. The zero-order valence-electron chi connectivity index (χ0n) is 10.2. The van der Waals surface area contributed by atoms with Crippen LogP contribution in [0.2, 0.25) is 0 Å². The minimum absolute atomic E-state index is 0.224. The van der Waals surface area contributed by atoms with Crippen molar-refractivity contribution in [2.24, 2.45) is 0 Å². The molecule has 0 saturated heterocycles. The first kappa shape index (κ1) is 12.6. The fourth-order valence-electron chi connectivity index (χ4n) is 1.71. The Morgan fingerprint density at radius 1 is 1.50 bits per heavy atom. The van der Waals surface area contributed by atoms with Gasteiger partial charge in [-0.2, -0.15) is 5.10 Å². The lowest BCUT2D eigenvalue weighted by Gasteiger charge is -2.14. The summed E-state index contributed by atoms with van der Waals surface area (Å²) in [4.78, 5) is 0. The third kappa shape index (κ3) is 3.30. The highest BCUT2D eigenvalue weighted by atomic mass is 19.1. The summed E-state index contributed by atoms with van der Waals surface area (Å²) in [6.45, 7) is 3.35. The molecule has 0 aliphatic rings. The van der Waals surface area contributed by atoms with Crippen LogP contribution in [-0.4, -0.2) is 20.9 Å². The highest BCUT2D eigenvalue weighted by Crippen LogP contribution is 2.15. The molecule has 1 atom stereocenters. The van der Waals surface area contributed by atoms with Gasteiger partial charge in [0.1, 0.15) is 0 Å². The van der Waals surface area contributed by atoms with E-state index in [2.05, 4.69) is 10.4 Å². The number of phenols is 1. The molecule has 1 heterocycles. The van der Waals surface area contributed by atoms with Crippen LogP contribution in [0.15, 0.2) is 36.7 Å². The smallest absolute Gasteiger partial charge is 0.165 e. The van der Waals surface area contributed by atoms with Crippen molar-refractivity contribution in [3.63, 3.8) is 0 Å². The fourth-order valence-corrected chi connectivity index (χ4v) is 1.71. The topological polar surface area (TPSA) is 50.1 Å². The van der Waals surface area contributed by atoms with Gasteiger partial charge in [0.15, 0.2) is 11.6 Å². The lowest BCUT2D eigenvalue weighted by molar-refractivity contribution is 0.429. The van der Waals surface area contributed by atoms with Crippen LogP contribution in [0, 0.1) is 5.82 Å². The van der Waals surface area contributed by atoms with E-state index in [0.29, 0.717) is 6.54 Å². The largest absolute Gasteiger partial charge is 0.505 e. The van der Waals surface area contributed by atoms with E-state index < -0.39 is 5.82 Å². The number of nitrogens with zero attached hydrogens (tertiary/aromatic N) is 2. The normalized spacial score (nSPS) is 12.6. The van der Waals surface area contributed by atoms with Crippen molar-refractivity contribution in [1.29, 1.82) is 0 Å². The van der Waals surface area contributed by atoms with Gasteiger partial charge in [0.05, 0.1) is 6.54 Å². The van der Waals surface area contributed by atoms with Gasteiger partial charge in [-0.25, -0.2) is 4.39 Å². The Hall–Kier alpha value is -1.88. The van der Waals surface area contributed by atoms with Crippen LogP contribution in [0.4, 0.5) is 4.39 Å². The fraction of sp³-hybridized carbons (Fsp3) is 0.308. The summed E-state index contributed by atoms with van der Waals surface area (Å²) in [6.07, 6.45) is 3.64. The molecule has 18 heavy (non-hydrogen) atoms. The molecule has 0 radical (unpaired) electrons. The highest BCUT2D eigenvalue weighted by Gasteiger charge is 2.05. The third-order valence-corrected chi connectivity index (χ3v) is 2.69. The van der Waals surface area contributed by atoms with Crippen molar-refractivity contribution in [2.45, 2.75) is 26.1 Å². The van der Waals surface area contributed by atoms with E-state index in [-0.39, 0.29) is 11.8 Å². The number of hydrogen-bond donors (Lipinski definition) is 2. The van der Waals surface area contributed by atoms with Crippen LogP contribution in [0.25, 0.3) is 0 Å². The molecule has 96 valence electrons. The second-order valence-corrected chi connectivity index (χ2v) is 4.30. The molecular formula is C13H16FN3O. The van der Waals surface area contributed by atoms with Gasteiger partial charge in [0.25, 0.3) is 0 Å². The summed E-state index contributed by atoms with van der Waals surface area (Å²) in [5.41, 5.74) is 0.803. The van der Waals surface area contributed by atoms with E-state index in [1.807, 2.05) is 23.9 Å². The molecule has 0 spiro atoms.